The zero-order valence-corrected chi connectivity index (χ0v) is 16.0. The molecule has 1 N–H and O–H groups in total. The smallest absolute Gasteiger partial charge is 0.253 e. The maximum absolute atomic E-state index is 13.0. The predicted octanol–water partition coefficient (Wildman–Crippen LogP) is 3.35. The Kier molecular flexibility index (Phi) is 5.54. The monoisotopic (exact) mass is 358 g/mol. The van der Waals surface area contributed by atoms with Crippen LogP contribution in [0.15, 0.2) is 18.2 Å². The van der Waals surface area contributed by atoms with E-state index in [-0.39, 0.29) is 23.0 Å². The quantitative estimate of drug-likeness (QED) is 0.898. The lowest BCUT2D eigenvalue weighted by Gasteiger charge is -2.48. The molecule has 0 radical (unpaired) electrons. The van der Waals surface area contributed by atoms with Gasteiger partial charge in [-0.2, -0.15) is 0 Å². The van der Waals surface area contributed by atoms with Gasteiger partial charge in [-0.05, 0) is 56.4 Å². The third-order valence-electron chi connectivity index (χ3n) is 5.92. The first kappa shape index (κ1) is 18.7. The number of nitrogens with zero attached hydrogens (tertiary/aromatic N) is 2. The Balaban J connectivity index is 1.72. The minimum Gasteiger partial charge on any atom is -0.508 e. The molecule has 3 rings (SSSR count). The number of carbonyl (C=O) groups is 2. The fraction of sp³-hybridized carbons (Fsp3) is 0.619. The van der Waals surface area contributed by atoms with E-state index < -0.39 is 0 Å². The summed E-state index contributed by atoms with van der Waals surface area (Å²) >= 11 is 0. The van der Waals surface area contributed by atoms with Crippen molar-refractivity contribution in [3.05, 3.63) is 29.3 Å². The lowest BCUT2D eigenvalue weighted by atomic mass is 9.73. The van der Waals surface area contributed by atoms with Gasteiger partial charge < -0.3 is 14.9 Å². The molecule has 1 aromatic carbocycles. The van der Waals surface area contributed by atoms with Gasteiger partial charge in [0.05, 0.1) is 0 Å². The first-order valence-corrected chi connectivity index (χ1v) is 9.81. The number of carbonyl (C=O) groups excluding carboxylic acids is 2. The number of likely N-dealkylation sites (tertiary alicyclic amines) is 2. The van der Waals surface area contributed by atoms with Gasteiger partial charge in [0.2, 0.25) is 5.91 Å². The highest BCUT2D eigenvalue weighted by Gasteiger charge is 2.42. The highest BCUT2D eigenvalue weighted by atomic mass is 16.3. The molecule has 26 heavy (non-hydrogen) atoms. The Hall–Kier alpha value is -2.04. The van der Waals surface area contributed by atoms with Gasteiger partial charge in [0.1, 0.15) is 5.75 Å². The molecule has 1 spiro atoms. The van der Waals surface area contributed by atoms with E-state index in [0.717, 1.165) is 63.8 Å². The van der Waals surface area contributed by atoms with Gasteiger partial charge in [0, 0.05) is 43.6 Å². The molecule has 1 atom stereocenters. The summed E-state index contributed by atoms with van der Waals surface area (Å²) in [5.41, 5.74) is 1.39. The Labute approximate surface area is 156 Å². The summed E-state index contributed by atoms with van der Waals surface area (Å²) in [6, 6.07) is 5.05. The summed E-state index contributed by atoms with van der Waals surface area (Å²) in [6.07, 6.45) is 5.68. The number of piperidine rings is 2. The number of rotatable bonds is 4. The molecule has 2 fully saturated rings. The van der Waals surface area contributed by atoms with Crippen molar-refractivity contribution in [2.75, 3.05) is 26.2 Å². The molecule has 2 saturated heterocycles. The van der Waals surface area contributed by atoms with Gasteiger partial charge in [0.25, 0.3) is 5.91 Å². The number of aromatic hydroxyl groups is 1. The van der Waals surface area contributed by atoms with Gasteiger partial charge in [-0.1, -0.05) is 13.3 Å². The number of benzene rings is 1. The molecule has 5 heteroatoms. The highest BCUT2D eigenvalue weighted by Crippen LogP contribution is 2.39. The van der Waals surface area contributed by atoms with E-state index >= 15 is 0 Å². The van der Waals surface area contributed by atoms with Gasteiger partial charge in [-0.3, -0.25) is 9.59 Å². The Morgan fingerprint density at radius 2 is 2.08 bits per heavy atom. The van der Waals surface area contributed by atoms with Crippen LogP contribution in [0.4, 0.5) is 0 Å². The molecule has 0 aromatic heterocycles. The van der Waals surface area contributed by atoms with E-state index in [9.17, 15) is 14.7 Å². The molecule has 0 unspecified atom stereocenters. The molecule has 2 heterocycles. The standard InChI is InChI=1S/C21H30N2O3/c1-3-4-11-22-14-21(10-8-19(22)25)9-5-12-23(15-21)20(26)17-6-7-18(24)16(2)13-17/h6-7,13,24H,3-5,8-12,14-15H2,1-2H3/t21-/m0/s1. The Bertz CT molecular complexity index is 688. The number of amides is 2. The zero-order valence-electron chi connectivity index (χ0n) is 16.0. The summed E-state index contributed by atoms with van der Waals surface area (Å²) < 4.78 is 0. The van der Waals surface area contributed by atoms with E-state index in [0.29, 0.717) is 12.0 Å². The van der Waals surface area contributed by atoms with E-state index in [2.05, 4.69) is 6.92 Å². The summed E-state index contributed by atoms with van der Waals surface area (Å²) in [6.45, 7) is 7.06. The van der Waals surface area contributed by atoms with Crippen molar-refractivity contribution in [3.8, 4) is 5.75 Å². The highest BCUT2D eigenvalue weighted by molar-refractivity contribution is 5.94. The minimum atomic E-state index is 0.0317. The third kappa shape index (κ3) is 3.87. The summed E-state index contributed by atoms with van der Waals surface area (Å²) in [7, 11) is 0. The maximum atomic E-state index is 13.0. The van der Waals surface area contributed by atoms with Gasteiger partial charge in [-0.25, -0.2) is 0 Å². The van der Waals surface area contributed by atoms with Crippen LogP contribution >= 0.6 is 0 Å². The molecule has 1 aromatic rings. The molecule has 142 valence electrons. The average molecular weight is 358 g/mol. The van der Waals surface area contributed by atoms with Crippen LogP contribution in [0, 0.1) is 12.3 Å². The molecule has 2 aliphatic rings. The van der Waals surface area contributed by atoms with E-state index in [4.69, 9.17) is 0 Å². The summed E-state index contributed by atoms with van der Waals surface area (Å²) in [4.78, 5) is 29.2. The topological polar surface area (TPSA) is 60.9 Å². The first-order chi connectivity index (χ1) is 12.4. The minimum absolute atomic E-state index is 0.0317. The van der Waals surface area contributed by atoms with Crippen LogP contribution in [0.2, 0.25) is 0 Å². The largest absolute Gasteiger partial charge is 0.508 e. The normalized spacial score (nSPS) is 23.5. The van der Waals surface area contributed by atoms with Crippen LogP contribution in [-0.2, 0) is 4.79 Å². The maximum Gasteiger partial charge on any atom is 0.253 e. The number of hydrogen-bond donors (Lipinski definition) is 1. The second kappa shape index (κ2) is 7.68. The van der Waals surface area contributed by atoms with Crippen molar-refractivity contribution < 1.29 is 14.7 Å². The van der Waals surface area contributed by atoms with E-state index in [1.54, 1.807) is 18.2 Å². The SMILES string of the molecule is CCCCN1C[C@]2(CCCN(C(=O)c3ccc(O)c(C)c3)C2)CCC1=O. The van der Waals surface area contributed by atoms with Crippen LogP contribution in [0.25, 0.3) is 0 Å². The fourth-order valence-corrected chi connectivity index (χ4v) is 4.34. The zero-order chi connectivity index (χ0) is 18.7. The second-order valence-electron chi connectivity index (χ2n) is 8.00. The van der Waals surface area contributed by atoms with Crippen LogP contribution < -0.4 is 0 Å². The fourth-order valence-electron chi connectivity index (χ4n) is 4.34. The van der Waals surface area contributed by atoms with Gasteiger partial charge in [0.15, 0.2) is 0 Å². The van der Waals surface area contributed by atoms with Crippen molar-refractivity contribution in [3.63, 3.8) is 0 Å². The van der Waals surface area contributed by atoms with Crippen LogP contribution in [0.1, 0.15) is 61.4 Å². The first-order valence-electron chi connectivity index (χ1n) is 9.81. The van der Waals surface area contributed by atoms with Crippen LogP contribution in [0.3, 0.4) is 0 Å². The molecule has 0 bridgehead atoms. The average Bonchev–Trinajstić information content (AvgIpc) is 2.64. The van der Waals surface area contributed by atoms with Crippen molar-refractivity contribution in [1.29, 1.82) is 0 Å². The van der Waals surface area contributed by atoms with E-state index in [1.165, 1.54) is 0 Å². The van der Waals surface area contributed by atoms with E-state index in [1.807, 2.05) is 16.7 Å². The lowest BCUT2D eigenvalue weighted by molar-refractivity contribution is -0.139. The van der Waals surface area contributed by atoms with Crippen LogP contribution in [0.5, 0.6) is 5.75 Å². The van der Waals surface area contributed by atoms with Crippen molar-refractivity contribution in [2.24, 2.45) is 5.41 Å². The van der Waals surface area contributed by atoms with Gasteiger partial charge >= 0.3 is 0 Å². The van der Waals surface area contributed by atoms with Crippen molar-refractivity contribution >= 4 is 11.8 Å². The molecule has 0 aliphatic carbocycles. The molecule has 2 amide bonds. The van der Waals surface area contributed by atoms with Crippen LogP contribution in [-0.4, -0.2) is 52.9 Å². The third-order valence-corrected chi connectivity index (χ3v) is 5.92. The lowest BCUT2D eigenvalue weighted by Crippen LogP contribution is -2.55. The molecular weight excluding hydrogens is 328 g/mol. The Morgan fingerprint density at radius 3 is 2.81 bits per heavy atom. The van der Waals surface area contributed by atoms with Crippen molar-refractivity contribution in [2.45, 2.75) is 52.4 Å². The number of aryl methyl sites for hydroxylation is 1. The summed E-state index contributed by atoms with van der Waals surface area (Å²) in [5.74, 6) is 0.514. The molecule has 2 aliphatic heterocycles. The van der Waals surface area contributed by atoms with Crippen molar-refractivity contribution in [1.82, 2.24) is 9.80 Å². The number of phenols is 1. The predicted molar refractivity (Wildman–Crippen MR) is 101 cm³/mol. The Morgan fingerprint density at radius 1 is 1.27 bits per heavy atom. The number of phenolic OH excluding ortho intramolecular Hbond substituents is 1. The number of unbranched alkanes of at least 4 members (excludes halogenated alkanes) is 1. The van der Waals surface area contributed by atoms with Gasteiger partial charge in [-0.15, -0.1) is 0 Å². The molecule has 0 saturated carbocycles. The molecular formula is C21H30N2O3. The summed E-state index contributed by atoms with van der Waals surface area (Å²) in [5, 5.41) is 9.70. The molecule has 5 nitrogen and oxygen atoms in total. The number of hydrogen-bond acceptors (Lipinski definition) is 3. The second-order valence-corrected chi connectivity index (χ2v) is 8.00.